The van der Waals surface area contributed by atoms with E-state index < -0.39 is 5.82 Å². The smallest absolute Gasteiger partial charge is 0.228 e. The van der Waals surface area contributed by atoms with Crippen molar-refractivity contribution in [3.8, 4) is 22.6 Å². The lowest BCUT2D eigenvalue weighted by Crippen LogP contribution is -2.29. The van der Waals surface area contributed by atoms with Crippen LogP contribution in [0.1, 0.15) is 17.7 Å². The number of imidazole rings is 1. The number of nitrogens with zero attached hydrogens (tertiary/aromatic N) is 6. The van der Waals surface area contributed by atoms with Crippen molar-refractivity contribution >= 4 is 22.5 Å². The lowest BCUT2D eigenvalue weighted by molar-refractivity contribution is 0.599. The Morgan fingerprint density at radius 3 is 2.89 bits per heavy atom. The number of halogens is 1. The Bertz CT molecular complexity index is 1680. The van der Waals surface area contributed by atoms with Gasteiger partial charge in [0.2, 0.25) is 5.95 Å². The third kappa shape index (κ3) is 3.33. The maximum absolute atomic E-state index is 14.0. The molecule has 35 heavy (non-hydrogen) atoms. The Hall–Kier alpha value is -4.60. The van der Waals surface area contributed by atoms with Crippen LogP contribution in [-0.2, 0) is 12.8 Å². The van der Waals surface area contributed by atoms with Gasteiger partial charge in [-0.15, -0.1) is 0 Å². The Kier molecular flexibility index (Phi) is 4.38. The summed E-state index contributed by atoms with van der Waals surface area (Å²) in [6, 6.07) is 9.93. The first-order valence-corrected chi connectivity index (χ1v) is 11.4. The molecule has 9 nitrogen and oxygen atoms in total. The summed E-state index contributed by atoms with van der Waals surface area (Å²) >= 11 is 0. The van der Waals surface area contributed by atoms with E-state index >= 15 is 0 Å². The highest BCUT2D eigenvalue weighted by Gasteiger charge is 2.25. The average Bonchev–Trinajstić information content (AvgIpc) is 3.62. The third-order valence-corrected chi connectivity index (χ3v) is 6.55. The third-order valence-electron chi connectivity index (χ3n) is 6.55. The molecule has 5 heterocycles. The molecule has 0 radical (unpaired) electrons. The predicted molar refractivity (Wildman–Crippen MR) is 129 cm³/mol. The second-order valence-electron chi connectivity index (χ2n) is 8.73. The molecule has 0 bridgehead atoms. The molecule has 5 aromatic heterocycles. The maximum Gasteiger partial charge on any atom is 0.228 e. The molecule has 6 aromatic rings. The van der Waals surface area contributed by atoms with Crippen LogP contribution in [0.15, 0.2) is 61.4 Å². The van der Waals surface area contributed by atoms with Gasteiger partial charge in [0.05, 0.1) is 36.2 Å². The van der Waals surface area contributed by atoms with Crippen molar-refractivity contribution in [3.05, 3.63) is 78.5 Å². The average molecular weight is 465 g/mol. The largest absolute Gasteiger partial charge is 0.358 e. The summed E-state index contributed by atoms with van der Waals surface area (Å²) in [4.78, 5) is 24.2. The first-order chi connectivity index (χ1) is 17.2. The van der Waals surface area contributed by atoms with Crippen LogP contribution >= 0.6 is 0 Å². The van der Waals surface area contributed by atoms with Crippen molar-refractivity contribution in [2.24, 2.45) is 0 Å². The standard InChI is InChI=1S/C25H20FN9/c26-15-7-14(9-27-10-15)23-33-24-19(22-12-28-13-29-22)11-30-35(24)25(34-23)31-16-5-6-21-18(8-16)17-3-1-2-4-20(17)32-21/h1-4,7,9-13,16,32H,5-6,8H2,(H,28,29)(H,31,33,34)/t16-/m1/s1. The lowest BCUT2D eigenvalue weighted by atomic mass is 9.91. The summed E-state index contributed by atoms with van der Waals surface area (Å²) in [5.74, 6) is 0.479. The van der Waals surface area contributed by atoms with Gasteiger partial charge in [-0.1, -0.05) is 18.2 Å². The van der Waals surface area contributed by atoms with Crippen LogP contribution in [0.3, 0.4) is 0 Å². The van der Waals surface area contributed by atoms with Crippen molar-refractivity contribution in [1.82, 2.24) is 39.5 Å². The lowest BCUT2D eigenvalue weighted by Gasteiger charge is -2.24. The van der Waals surface area contributed by atoms with Gasteiger partial charge in [0.1, 0.15) is 5.82 Å². The fraction of sp³-hybridized carbons (Fsp3) is 0.160. The number of para-hydroxylation sites is 1. The Balaban J connectivity index is 1.32. The van der Waals surface area contributed by atoms with E-state index in [-0.39, 0.29) is 6.04 Å². The van der Waals surface area contributed by atoms with Crippen LogP contribution in [0.2, 0.25) is 0 Å². The summed E-state index contributed by atoms with van der Waals surface area (Å²) in [7, 11) is 0. The summed E-state index contributed by atoms with van der Waals surface area (Å²) in [6.45, 7) is 0. The predicted octanol–water partition coefficient (Wildman–Crippen LogP) is 4.17. The summed E-state index contributed by atoms with van der Waals surface area (Å²) in [6.07, 6.45) is 10.5. The van der Waals surface area contributed by atoms with E-state index in [0.717, 1.165) is 36.7 Å². The van der Waals surface area contributed by atoms with Gasteiger partial charge in [-0.05, 0) is 37.0 Å². The molecule has 0 fully saturated rings. The number of aromatic amines is 2. The normalized spacial score (nSPS) is 15.5. The topological polar surface area (TPSA) is 112 Å². The van der Waals surface area contributed by atoms with Crippen molar-refractivity contribution in [1.29, 1.82) is 0 Å². The maximum atomic E-state index is 14.0. The molecule has 10 heteroatoms. The van der Waals surface area contributed by atoms with Crippen molar-refractivity contribution < 1.29 is 4.39 Å². The SMILES string of the molecule is Fc1cncc(-c2nc(N[C@@H]3CCc4[nH]c5ccccc5c4C3)n3ncc(-c4cnc[nH]4)c3n2)c1. The summed E-state index contributed by atoms with van der Waals surface area (Å²) < 4.78 is 15.6. The van der Waals surface area contributed by atoms with Gasteiger partial charge in [0.25, 0.3) is 0 Å². The van der Waals surface area contributed by atoms with E-state index in [0.29, 0.717) is 23.0 Å². The van der Waals surface area contributed by atoms with Crippen LogP contribution in [-0.4, -0.2) is 45.6 Å². The molecule has 3 N–H and O–H groups in total. The number of aromatic nitrogens is 8. The second-order valence-corrected chi connectivity index (χ2v) is 8.73. The highest BCUT2D eigenvalue weighted by molar-refractivity contribution is 5.85. The van der Waals surface area contributed by atoms with E-state index in [1.807, 2.05) is 0 Å². The van der Waals surface area contributed by atoms with Gasteiger partial charge in [0, 0.05) is 34.4 Å². The van der Waals surface area contributed by atoms with Crippen LogP contribution < -0.4 is 5.32 Å². The van der Waals surface area contributed by atoms with E-state index in [1.54, 1.807) is 29.4 Å². The second kappa shape index (κ2) is 7.73. The van der Waals surface area contributed by atoms with Crippen LogP contribution in [0.4, 0.5) is 10.3 Å². The number of benzene rings is 1. The summed E-state index contributed by atoms with van der Waals surface area (Å²) in [5.41, 5.74) is 6.45. The molecule has 1 atom stereocenters. The highest BCUT2D eigenvalue weighted by atomic mass is 19.1. The molecule has 0 amide bonds. The number of H-pyrrole nitrogens is 2. The number of anilines is 1. The Labute approximate surface area is 198 Å². The van der Waals surface area contributed by atoms with Gasteiger partial charge in [-0.3, -0.25) is 4.98 Å². The van der Waals surface area contributed by atoms with E-state index in [4.69, 9.17) is 9.97 Å². The van der Waals surface area contributed by atoms with Crippen LogP contribution in [0, 0.1) is 5.82 Å². The molecule has 0 spiro atoms. The molecule has 0 saturated carbocycles. The molecule has 1 aromatic carbocycles. The monoisotopic (exact) mass is 465 g/mol. The molecule has 7 rings (SSSR count). The minimum Gasteiger partial charge on any atom is -0.358 e. The van der Waals surface area contributed by atoms with Gasteiger partial charge in [0.15, 0.2) is 11.5 Å². The van der Waals surface area contributed by atoms with Crippen LogP contribution in [0.5, 0.6) is 0 Å². The van der Waals surface area contributed by atoms with Gasteiger partial charge in [-0.25, -0.2) is 14.4 Å². The van der Waals surface area contributed by atoms with E-state index in [9.17, 15) is 4.39 Å². The summed E-state index contributed by atoms with van der Waals surface area (Å²) in [5, 5.41) is 9.42. The molecule has 0 aliphatic heterocycles. The van der Waals surface area contributed by atoms with Gasteiger partial charge in [-0.2, -0.15) is 14.6 Å². The van der Waals surface area contributed by atoms with E-state index in [1.165, 1.54) is 28.2 Å². The number of aryl methyl sites for hydroxylation is 1. The number of rotatable bonds is 4. The number of nitrogens with one attached hydrogen (secondary N) is 3. The Morgan fingerprint density at radius 2 is 2.00 bits per heavy atom. The molecule has 0 unspecified atom stereocenters. The zero-order chi connectivity index (χ0) is 23.4. The number of hydrogen-bond donors (Lipinski definition) is 3. The molecule has 172 valence electrons. The number of fused-ring (bicyclic) bond motifs is 4. The highest BCUT2D eigenvalue weighted by Crippen LogP contribution is 2.31. The Morgan fingerprint density at radius 1 is 1.06 bits per heavy atom. The van der Waals surface area contributed by atoms with Crippen molar-refractivity contribution in [3.63, 3.8) is 0 Å². The minimum absolute atomic E-state index is 0.151. The fourth-order valence-electron chi connectivity index (χ4n) is 4.90. The molecular weight excluding hydrogens is 445 g/mol. The zero-order valence-electron chi connectivity index (χ0n) is 18.5. The number of pyridine rings is 1. The van der Waals surface area contributed by atoms with Gasteiger partial charge < -0.3 is 15.3 Å². The van der Waals surface area contributed by atoms with Gasteiger partial charge >= 0.3 is 0 Å². The first kappa shape index (κ1) is 19.8. The van der Waals surface area contributed by atoms with Crippen LogP contribution in [0.25, 0.3) is 39.2 Å². The molecule has 0 saturated heterocycles. The molecule has 1 aliphatic rings. The van der Waals surface area contributed by atoms with E-state index in [2.05, 4.69) is 54.6 Å². The minimum atomic E-state index is -0.443. The van der Waals surface area contributed by atoms with Crippen molar-refractivity contribution in [2.45, 2.75) is 25.3 Å². The molecule has 1 aliphatic carbocycles. The zero-order valence-corrected chi connectivity index (χ0v) is 18.5. The quantitative estimate of drug-likeness (QED) is 0.360. The number of hydrogen-bond acceptors (Lipinski definition) is 6. The van der Waals surface area contributed by atoms with Crippen molar-refractivity contribution in [2.75, 3.05) is 5.32 Å². The first-order valence-electron chi connectivity index (χ1n) is 11.4. The molecular formula is C25H20FN9. The fourth-order valence-corrected chi connectivity index (χ4v) is 4.90.